The maximum absolute atomic E-state index is 12.4. The highest BCUT2D eigenvalue weighted by Gasteiger charge is 2.22. The Morgan fingerprint density at radius 3 is 2.24 bits per heavy atom. The van der Waals surface area contributed by atoms with Crippen molar-refractivity contribution in [3.05, 3.63) is 71.1 Å². The molecule has 3 N–H and O–H groups in total. The molecule has 0 atom stereocenters. The minimum absolute atomic E-state index is 0.0187. The van der Waals surface area contributed by atoms with Crippen LogP contribution in [0.2, 0.25) is 0 Å². The van der Waals surface area contributed by atoms with E-state index in [-0.39, 0.29) is 11.3 Å². The lowest BCUT2D eigenvalue weighted by Gasteiger charge is -2.26. The molecule has 2 rings (SSSR count). The number of nitrogens with one attached hydrogen (secondary N) is 3. The normalized spacial score (nSPS) is 12.3. The Balaban J connectivity index is 1.95. The van der Waals surface area contributed by atoms with Gasteiger partial charge >= 0.3 is 0 Å². The standard InChI is InChI=1S/C22H29N3O3S/c1-22(2,17-25(3)4)16-23-21(26)19-10-12-20(13-11-19)24-29(27,28)15-14-18-8-6-5-7-9-18/h5-15,24H,16-17H2,1-4H3,(H,23,26)/p+1/b15-14+. The summed E-state index contributed by atoms with van der Waals surface area (Å²) in [7, 11) is 0.523. The average Bonchev–Trinajstić information content (AvgIpc) is 2.65. The Morgan fingerprint density at radius 1 is 1.03 bits per heavy atom. The smallest absolute Gasteiger partial charge is 0.255 e. The Labute approximate surface area is 173 Å². The zero-order valence-corrected chi connectivity index (χ0v) is 18.2. The van der Waals surface area contributed by atoms with Gasteiger partial charge in [0.1, 0.15) is 0 Å². The van der Waals surface area contributed by atoms with Crippen LogP contribution in [0.15, 0.2) is 60.0 Å². The third-order valence-corrected chi connectivity index (χ3v) is 5.22. The zero-order chi connectivity index (χ0) is 21.5. The van der Waals surface area contributed by atoms with Crippen molar-refractivity contribution in [2.24, 2.45) is 5.41 Å². The second-order valence-electron chi connectivity index (χ2n) is 8.17. The first kappa shape index (κ1) is 22.6. The molecule has 0 heterocycles. The van der Waals surface area contributed by atoms with Gasteiger partial charge < -0.3 is 10.2 Å². The van der Waals surface area contributed by atoms with Crippen molar-refractivity contribution in [3.63, 3.8) is 0 Å². The number of amides is 1. The minimum atomic E-state index is -3.64. The van der Waals surface area contributed by atoms with Gasteiger partial charge in [-0.15, -0.1) is 0 Å². The topological polar surface area (TPSA) is 79.7 Å². The van der Waals surface area contributed by atoms with Gasteiger partial charge in [0.15, 0.2) is 0 Å². The third kappa shape index (κ3) is 8.09. The fraction of sp³-hybridized carbons (Fsp3) is 0.318. The summed E-state index contributed by atoms with van der Waals surface area (Å²) in [6.07, 6.45) is 1.53. The van der Waals surface area contributed by atoms with Gasteiger partial charge in [-0.3, -0.25) is 9.52 Å². The lowest BCUT2D eigenvalue weighted by atomic mass is 9.93. The summed E-state index contributed by atoms with van der Waals surface area (Å²) >= 11 is 0. The van der Waals surface area contributed by atoms with Crippen molar-refractivity contribution in [2.75, 3.05) is 31.9 Å². The van der Waals surface area contributed by atoms with E-state index in [1.165, 1.54) is 11.0 Å². The van der Waals surface area contributed by atoms with E-state index in [0.29, 0.717) is 17.8 Å². The summed E-state index contributed by atoms with van der Waals surface area (Å²) in [5.74, 6) is -0.176. The van der Waals surface area contributed by atoms with Gasteiger partial charge in [0.05, 0.1) is 26.0 Å². The van der Waals surface area contributed by atoms with Crippen molar-refractivity contribution in [3.8, 4) is 0 Å². The van der Waals surface area contributed by atoms with Crippen LogP contribution in [0.5, 0.6) is 0 Å². The van der Waals surface area contributed by atoms with E-state index in [2.05, 4.69) is 38.0 Å². The Bertz CT molecular complexity index is 935. The van der Waals surface area contributed by atoms with Crippen LogP contribution in [0.4, 0.5) is 5.69 Å². The predicted molar refractivity (Wildman–Crippen MR) is 118 cm³/mol. The van der Waals surface area contributed by atoms with Gasteiger partial charge in [-0.2, -0.15) is 0 Å². The maximum Gasteiger partial charge on any atom is 0.255 e. The maximum atomic E-state index is 12.4. The van der Waals surface area contributed by atoms with E-state index < -0.39 is 10.0 Å². The molecule has 2 aromatic carbocycles. The van der Waals surface area contributed by atoms with Crippen LogP contribution < -0.4 is 14.9 Å². The quantitative estimate of drug-likeness (QED) is 0.585. The first-order valence-corrected chi connectivity index (χ1v) is 11.0. The second kappa shape index (κ2) is 9.71. The monoisotopic (exact) mass is 416 g/mol. The number of sulfonamides is 1. The van der Waals surface area contributed by atoms with Crippen LogP contribution in [0, 0.1) is 5.41 Å². The molecule has 0 bridgehead atoms. The number of hydrogen-bond acceptors (Lipinski definition) is 3. The number of hydrogen-bond donors (Lipinski definition) is 3. The summed E-state index contributed by atoms with van der Waals surface area (Å²) in [4.78, 5) is 13.7. The van der Waals surface area contributed by atoms with Gasteiger partial charge in [0, 0.05) is 23.2 Å². The zero-order valence-electron chi connectivity index (χ0n) is 17.4. The van der Waals surface area contributed by atoms with Crippen molar-refractivity contribution in [1.29, 1.82) is 0 Å². The third-order valence-electron chi connectivity index (χ3n) is 4.21. The molecule has 7 heteroatoms. The molecule has 0 saturated carbocycles. The fourth-order valence-electron chi connectivity index (χ4n) is 3.06. The van der Waals surface area contributed by atoms with Gasteiger partial charge in [0.2, 0.25) is 0 Å². The van der Waals surface area contributed by atoms with Gasteiger partial charge in [-0.1, -0.05) is 44.2 Å². The minimum Gasteiger partial charge on any atom is -0.351 e. The number of benzene rings is 2. The number of carbonyl (C=O) groups is 1. The second-order valence-corrected chi connectivity index (χ2v) is 9.73. The van der Waals surface area contributed by atoms with Crippen molar-refractivity contribution in [1.82, 2.24) is 5.32 Å². The summed E-state index contributed by atoms with van der Waals surface area (Å²) in [5, 5.41) is 4.07. The molecule has 0 fully saturated rings. The summed E-state index contributed by atoms with van der Waals surface area (Å²) in [6, 6.07) is 15.6. The van der Waals surface area contributed by atoms with Crippen LogP contribution in [0.1, 0.15) is 29.8 Å². The summed E-state index contributed by atoms with van der Waals surface area (Å²) < 4.78 is 26.9. The Kier molecular flexibility index (Phi) is 7.59. The largest absolute Gasteiger partial charge is 0.351 e. The number of anilines is 1. The lowest BCUT2D eigenvalue weighted by Crippen LogP contribution is -3.07. The SMILES string of the molecule is C[NH+](C)CC(C)(C)CNC(=O)c1ccc(NS(=O)(=O)/C=C/c2ccccc2)cc1. The summed E-state index contributed by atoms with van der Waals surface area (Å²) in [5.41, 5.74) is 1.66. The molecule has 0 unspecified atom stereocenters. The lowest BCUT2D eigenvalue weighted by molar-refractivity contribution is -0.865. The molecule has 0 radical (unpaired) electrons. The molecule has 0 aliphatic rings. The van der Waals surface area contributed by atoms with Crippen molar-refractivity contribution < 1.29 is 18.1 Å². The molecule has 0 aliphatic carbocycles. The van der Waals surface area contributed by atoms with E-state index in [0.717, 1.165) is 17.5 Å². The Hall–Kier alpha value is -2.64. The van der Waals surface area contributed by atoms with Gasteiger partial charge in [-0.25, -0.2) is 8.42 Å². The van der Waals surface area contributed by atoms with Crippen molar-refractivity contribution >= 4 is 27.7 Å². The van der Waals surface area contributed by atoms with E-state index >= 15 is 0 Å². The molecule has 29 heavy (non-hydrogen) atoms. The van der Waals surface area contributed by atoms with E-state index in [9.17, 15) is 13.2 Å². The van der Waals surface area contributed by atoms with Crippen LogP contribution >= 0.6 is 0 Å². The predicted octanol–water partition coefficient (Wildman–Crippen LogP) is 2.00. The van der Waals surface area contributed by atoms with Crippen LogP contribution in [-0.4, -0.2) is 41.5 Å². The molecule has 156 valence electrons. The molecule has 2 aromatic rings. The first-order valence-electron chi connectivity index (χ1n) is 9.50. The molecular formula is C22H30N3O3S+. The molecule has 6 nitrogen and oxygen atoms in total. The highest BCUT2D eigenvalue weighted by molar-refractivity contribution is 7.95. The number of rotatable bonds is 9. The van der Waals surface area contributed by atoms with Crippen LogP contribution in [-0.2, 0) is 10.0 Å². The molecule has 0 aromatic heterocycles. The van der Waals surface area contributed by atoms with Gasteiger partial charge in [-0.05, 0) is 35.9 Å². The van der Waals surface area contributed by atoms with Crippen molar-refractivity contribution in [2.45, 2.75) is 13.8 Å². The molecule has 0 spiro atoms. The van der Waals surface area contributed by atoms with Crippen LogP contribution in [0.3, 0.4) is 0 Å². The highest BCUT2D eigenvalue weighted by Crippen LogP contribution is 2.14. The molecule has 1 amide bonds. The number of carbonyl (C=O) groups excluding carboxylic acids is 1. The van der Waals surface area contributed by atoms with Gasteiger partial charge in [0.25, 0.3) is 15.9 Å². The van der Waals surface area contributed by atoms with E-state index in [4.69, 9.17) is 0 Å². The Morgan fingerprint density at radius 2 is 1.66 bits per heavy atom. The van der Waals surface area contributed by atoms with E-state index in [1.807, 2.05) is 30.3 Å². The van der Waals surface area contributed by atoms with Crippen LogP contribution in [0.25, 0.3) is 6.08 Å². The van der Waals surface area contributed by atoms with E-state index in [1.54, 1.807) is 24.3 Å². The number of quaternary nitrogens is 1. The molecule has 0 aliphatic heterocycles. The molecule has 0 saturated heterocycles. The molecular weight excluding hydrogens is 386 g/mol. The first-order chi connectivity index (χ1) is 13.6. The summed E-state index contributed by atoms with van der Waals surface area (Å²) in [6.45, 7) is 5.72. The fourth-order valence-corrected chi connectivity index (χ4v) is 3.93. The highest BCUT2D eigenvalue weighted by atomic mass is 32.2. The average molecular weight is 417 g/mol.